The molecule has 0 bridgehead atoms. The molecule has 166 valence electrons. The molecule has 0 saturated carbocycles. The second-order valence-electron chi connectivity index (χ2n) is 6.86. The molecule has 0 aliphatic carbocycles. The van der Waals surface area contributed by atoms with Crippen molar-refractivity contribution < 1.29 is 34.1 Å². The van der Waals surface area contributed by atoms with Gasteiger partial charge in [0.15, 0.2) is 12.2 Å². The average Bonchev–Trinajstić information content (AvgIpc) is 2.77. The van der Waals surface area contributed by atoms with Gasteiger partial charge in [-0.2, -0.15) is 0 Å². The van der Waals surface area contributed by atoms with E-state index in [1.165, 1.54) is 4.90 Å². The highest BCUT2D eigenvalue weighted by Crippen LogP contribution is 2.11. The number of hydrogen-bond acceptors (Lipinski definition) is 8. The summed E-state index contributed by atoms with van der Waals surface area (Å²) in [5, 5.41) is 22.7. The minimum absolute atomic E-state index is 0.132. The van der Waals surface area contributed by atoms with Gasteiger partial charge in [-0.15, -0.1) is 0 Å². The number of rotatable bonds is 9. The topological polar surface area (TPSA) is 129 Å². The quantitative estimate of drug-likeness (QED) is 0.420. The van der Waals surface area contributed by atoms with E-state index in [-0.39, 0.29) is 32.1 Å². The lowest BCUT2D eigenvalue weighted by atomic mass is 10.1. The molecule has 1 aliphatic heterocycles. The zero-order valence-electron chi connectivity index (χ0n) is 17.2. The van der Waals surface area contributed by atoms with Crippen molar-refractivity contribution in [1.82, 2.24) is 15.1 Å². The number of piperazine rings is 1. The van der Waals surface area contributed by atoms with Crippen molar-refractivity contribution in [3.05, 3.63) is 29.8 Å². The third-order valence-corrected chi connectivity index (χ3v) is 4.79. The summed E-state index contributed by atoms with van der Waals surface area (Å²) in [7, 11) is 1.55. The Morgan fingerprint density at radius 2 is 1.70 bits per heavy atom. The van der Waals surface area contributed by atoms with Crippen LogP contribution in [-0.4, -0.2) is 96.4 Å². The molecule has 30 heavy (non-hydrogen) atoms. The molecule has 0 aromatic heterocycles. The van der Waals surface area contributed by atoms with E-state index in [0.29, 0.717) is 25.4 Å². The summed E-state index contributed by atoms with van der Waals surface area (Å²) in [5.41, 5.74) is 0.773. The van der Waals surface area contributed by atoms with Gasteiger partial charge in [0.05, 0.1) is 20.3 Å². The number of ether oxygens (including phenoxy) is 2. The van der Waals surface area contributed by atoms with Gasteiger partial charge < -0.3 is 29.9 Å². The van der Waals surface area contributed by atoms with Crippen LogP contribution in [0.3, 0.4) is 0 Å². The summed E-state index contributed by atoms with van der Waals surface area (Å²) in [6, 6.07) is 6.97. The fourth-order valence-corrected chi connectivity index (χ4v) is 3.02. The van der Waals surface area contributed by atoms with Gasteiger partial charge in [0.25, 0.3) is 11.8 Å². The van der Waals surface area contributed by atoms with Crippen LogP contribution in [0, 0.1) is 0 Å². The van der Waals surface area contributed by atoms with Crippen LogP contribution < -0.4 is 10.1 Å². The Kier molecular flexibility index (Phi) is 9.03. The summed E-state index contributed by atoms with van der Waals surface area (Å²) in [5.74, 6) is -1.22. The SMILES string of the molecule is CCOC(=O)CN1CCN(C(=O)C(O)C(O)C(=O)NCc2ccc(OC)cc2)CC1. The Morgan fingerprint density at radius 3 is 2.27 bits per heavy atom. The fourth-order valence-electron chi connectivity index (χ4n) is 3.02. The van der Waals surface area contributed by atoms with Crippen molar-refractivity contribution in [2.75, 3.05) is 46.4 Å². The number of carbonyl (C=O) groups excluding carboxylic acids is 3. The molecule has 2 amide bonds. The summed E-state index contributed by atoms with van der Waals surface area (Å²) in [6.07, 6.45) is -3.74. The van der Waals surface area contributed by atoms with Crippen molar-refractivity contribution in [3.8, 4) is 5.75 Å². The molecule has 1 fully saturated rings. The van der Waals surface area contributed by atoms with E-state index in [1.54, 1.807) is 38.3 Å². The molecule has 1 aliphatic rings. The predicted molar refractivity (Wildman–Crippen MR) is 107 cm³/mol. The number of hydrogen-bond donors (Lipinski definition) is 3. The Hall–Kier alpha value is -2.69. The lowest BCUT2D eigenvalue weighted by Gasteiger charge is -2.35. The smallest absolute Gasteiger partial charge is 0.320 e. The first-order chi connectivity index (χ1) is 14.3. The van der Waals surface area contributed by atoms with Crippen LogP contribution in [0.5, 0.6) is 5.75 Å². The van der Waals surface area contributed by atoms with E-state index in [4.69, 9.17) is 9.47 Å². The third-order valence-electron chi connectivity index (χ3n) is 4.79. The van der Waals surface area contributed by atoms with Crippen molar-refractivity contribution in [2.24, 2.45) is 0 Å². The second-order valence-corrected chi connectivity index (χ2v) is 6.86. The van der Waals surface area contributed by atoms with Crippen molar-refractivity contribution in [2.45, 2.75) is 25.7 Å². The predicted octanol–water partition coefficient (Wildman–Crippen LogP) is -1.26. The highest BCUT2D eigenvalue weighted by Gasteiger charge is 2.34. The van der Waals surface area contributed by atoms with Crippen molar-refractivity contribution >= 4 is 17.8 Å². The lowest BCUT2D eigenvalue weighted by molar-refractivity contribution is -0.155. The maximum atomic E-state index is 12.4. The monoisotopic (exact) mass is 423 g/mol. The van der Waals surface area contributed by atoms with Crippen molar-refractivity contribution in [3.63, 3.8) is 0 Å². The summed E-state index contributed by atoms with van der Waals surface area (Å²) >= 11 is 0. The second kappa shape index (κ2) is 11.5. The summed E-state index contributed by atoms with van der Waals surface area (Å²) < 4.78 is 9.95. The molecule has 2 unspecified atom stereocenters. The largest absolute Gasteiger partial charge is 0.497 e. The molecule has 2 rings (SSSR count). The minimum Gasteiger partial charge on any atom is -0.497 e. The van der Waals surface area contributed by atoms with E-state index in [1.807, 2.05) is 4.90 Å². The molecule has 0 radical (unpaired) electrons. The first kappa shape index (κ1) is 23.6. The van der Waals surface area contributed by atoms with Crippen molar-refractivity contribution in [1.29, 1.82) is 0 Å². The van der Waals surface area contributed by atoms with E-state index >= 15 is 0 Å². The highest BCUT2D eigenvalue weighted by atomic mass is 16.5. The number of amides is 2. The maximum absolute atomic E-state index is 12.4. The zero-order valence-corrected chi connectivity index (χ0v) is 17.2. The van der Waals surface area contributed by atoms with Crippen LogP contribution in [0.25, 0.3) is 0 Å². The third kappa shape index (κ3) is 6.68. The van der Waals surface area contributed by atoms with Gasteiger partial charge in [-0.1, -0.05) is 12.1 Å². The number of carbonyl (C=O) groups is 3. The standard InChI is InChI=1S/C20H29N3O7/c1-3-30-16(24)13-22-8-10-23(11-9-22)20(28)18(26)17(25)19(27)21-12-14-4-6-15(29-2)7-5-14/h4-7,17-18,25-26H,3,8-13H2,1-2H3,(H,21,27). The van der Waals surface area contributed by atoms with E-state index in [0.717, 1.165) is 5.56 Å². The number of aliphatic hydroxyl groups excluding tert-OH is 2. The number of aliphatic hydroxyl groups is 2. The molecular weight excluding hydrogens is 394 g/mol. The van der Waals surface area contributed by atoms with Crippen LogP contribution in [0.1, 0.15) is 12.5 Å². The number of nitrogens with zero attached hydrogens (tertiary/aromatic N) is 2. The Bertz CT molecular complexity index is 718. The lowest BCUT2D eigenvalue weighted by Crippen LogP contribution is -2.56. The molecule has 2 atom stereocenters. The summed E-state index contributed by atoms with van der Waals surface area (Å²) in [6.45, 7) is 3.71. The van der Waals surface area contributed by atoms with Gasteiger partial charge in [0, 0.05) is 32.7 Å². The number of methoxy groups -OCH3 is 1. The van der Waals surface area contributed by atoms with Gasteiger partial charge in [-0.3, -0.25) is 19.3 Å². The Labute approximate surface area is 175 Å². The molecule has 3 N–H and O–H groups in total. The van der Waals surface area contributed by atoms with Gasteiger partial charge in [-0.05, 0) is 24.6 Å². The van der Waals surface area contributed by atoms with Crippen LogP contribution >= 0.6 is 0 Å². The van der Waals surface area contributed by atoms with Gasteiger partial charge >= 0.3 is 5.97 Å². The molecule has 1 aromatic rings. The maximum Gasteiger partial charge on any atom is 0.320 e. The number of esters is 1. The van der Waals surface area contributed by atoms with Crippen LogP contribution in [0.4, 0.5) is 0 Å². The Balaban J connectivity index is 1.78. The van der Waals surface area contributed by atoms with E-state index in [2.05, 4.69) is 5.32 Å². The first-order valence-corrected chi connectivity index (χ1v) is 9.79. The number of nitrogens with one attached hydrogen (secondary N) is 1. The average molecular weight is 423 g/mol. The number of benzene rings is 1. The first-order valence-electron chi connectivity index (χ1n) is 9.79. The van der Waals surface area contributed by atoms with Gasteiger partial charge in [0.1, 0.15) is 5.75 Å². The van der Waals surface area contributed by atoms with Crippen LogP contribution in [0.2, 0.25) is 0 Å². The highest BCUT2D eigenvalue weighted by molar-refractivity contribution is 5.90. The normalized spacial score (nSPS) is 16.5. The molecule has 0 spiro atoms. The van der Waals surface area contributed by atoms with Gasteiger partial charge in [0.2, 0.25) is 0 Å². The van der Waals surface area contributed by atoms with E-state index < -0.39 is 24.0 Å². The molecule has 1 saturated heterocycles. The zero-order chi connectivity index (χ0) is 22.1. The minimum atomic E-state index is -1.88. The molecule has 10 heteroatoms. The van der Waals surface area contributed by atoms with Crippen LogP contribution in [-0.2, 0) is 25.7 Å². The summed E-state index contributed by atoms with van der Waals surface area (Å²) in [4.78, 5) is 39.3. The molecule has 10 nitrogen and oxygen atoms in total. The molecular formula is C20H29N3O7. The Morgan fingerprint density at radius 1 is 1.07 bits per heavy atom. The molecule has 1 aromatic carbocycles. The fraction of sp³-hybridized carbons (Fsp3) is 0.550. The van der Waals surface area contributed by atoms with Gasteiger partial charge in [-0.25, -0.2) is 0 Å². The van der Waals surface area contributed by atoms with E-state index in [9.17, 15) is 24.6 Å². The molecule has 1 heterocycles. The van der Waals surface area contributed by atoms with Crippen LogP contribution in [0.15, 0.2) is 24.3 Å².